The van der Waals surface area contributed by atoms with Gasteiger partial charge in [-0.2, -0.15) is 0 Å². The third kappa shape index (κ3) is 4.11. The molecule has 7 nitrogen and oxygen atoms in total. The maximum absolute atomic E-state index is 13.0. The molecule has 32 heavy (non-hydrogen) atoms. The Labute approximate surface area is 187 Å². The largest absolute Gasteiger partial charge is 0.497 e. The van der Waals surface area contributed by atoms with E-state index in [0.717, 1.165) is 35.7 Å². The smallest absolute Gasteiger partial charge is 0.253 e. The van der Waals surface area contributed by atoms with Crippen LogP contribution in [0.1, 0.15) is 35.2 Å². The van der Waals surface area contributed by atoms with Gasteiger partial charge in [-0.3, -0.25) is 9.59 Å². The van der Waals surface area contributed by atoms with Crippen LogP contribution >= 0.6 is 0 Å². The molecule has 2 amide bonds. The first-order valence-electron chi connectivity index (χ1n) is 11.2. The summed E-state index contributed by atoms with van der Waals surface area (Å²) >= 11 is 0. The average Bonchev–Trinajstić information content (AvgIpc) is 3.23. The van der Waals surface area contributed by atoms with Crippen LogP contribution in [0.4, 0.5) is 0 Å². The van der Waals surface area contributed by atoms with Gasteiger partial charge in [0, 0.05) is 38.2 Å². The third-order valence-corrected chi connectivity index (χ3v) is 6.89. The minimum atomic E-state index is 0.0545. The summed E-state index contributed by atoms with van der Waals surface area (Å²) in [6.45, 7) is 2.93. The first kappa shape index (κ1) is 20.7. The zero-order valence-corrected chi connectivity index (χ0v) is 18.3. The van der Waals surface area contributed by atoms with Crippen LogP contribution in [0.2, 0.25) is 0 Å². The zero-order valence-electron chi connectivity index (χ0n) is 18.3. The number of rotatable bonds is 4. The fourth-order valence-electron chi connectivity index (χ4n) is 5.00. The van der Waals surface area contributed by atoms with E-state index in [1.54, 1.807) is 7.11 Å². The first-order valence-corrected chi connectivity index (χ1v) is 11.2. The van der Waals surface area contributed by atoms with E-state index in [2.05, 4.69) is 0 Å². The van der Waals surface area contributed by atoms with Crippen molar-refractivity contribution in [1.82, 2.24) is 9.80 Å². The summed E-state index contributed by atoms with van der Waals surface area (Å²) in [5.41, 5.74) is 1.72. The number of methoxy groups -OCH3 is 1. The summed E-state index contributed by atoms with van der Waals surface area (Å²) in [6.07, 6.45) is 2.34. The first-order chi connectivity index (χ1) is 15.6. The highest BCUT2D eigenvalue weighted by Crippen LogP contribution is 2.35. The highest BCUT2D eigenvalue weighted by Gasteiger charge is 2.36. The lowest BCUT2D eigenvalue weighted by Crippen LogP contribution is -2.43. The topological polar surface area (TPSA) is 68.3 Å². The van der Waals surface area contributed by atoms with E-state index in [0.29, 0.717) is 50.0 Å². The van der Waals surface area contributed by atoms with E-state index in [4.69, 9.17) is 14.2 Å². The van der Waals surface area contributed by atoms with Gasteiger partial charge in [0.15, 0.2) is 11.5 Å². The van der Waals surface area contributed by atoms with Crippen LogP contribution in [-0.4, -0.2) is 55.2 Å². The Bertz CT molecular complexity index is 1010. The number of likely N-dealkylation sites (tertiary alicyclic amines) is 2. The molecule has 2 atom stereocenters. The number of ether oxygens (including phenoxy) is 3. The van der Waals surface area contributed by atoms with Crippen molar-refractivity contribution in [1.29, 1.82) is 0 Å². The van der Waals surface area contributed by atoms with Crippen molar-refractivity contribution in [3.8, 4) is 17.2 Å². The summed E-state index contributed by atoms with van der Waals surface area (Å²) in [6, 6.07) is 13.1. The second-order valence-electron chi connectivity index (χ2n) is 8.78. The van der Waals surface area contributed by atoms with E-state index in [1.807, 2.05) is 52.3 Å². The molecule has 2 unspecified atom stereocenters. The molecule has 168 valence electrons. The molecular weight excluding hydrogens is 408 g/mol. The molecule has 0 bridgehead atoms. The van der Waals surface area contributed by atoms with Crippen LogP contribution in [0.15, 0.2) is 42.5 Å². The molecule has 5 rings (SSSR count). The minimum absolute atomic E-state index is 0.0545. The minimum Gasteiger partial charge on any atom is -0.497 e. The van der Waals surface area contributed by atoms with Crippen LogP contribution in [0.25, 0.3) is 0 Å². The number of carbonyl (C=O) groups excluding carboxylic acids is 2. The maximum Gasteiger partial charge on any atom is 0.253 e. The van der Waals surface area contributed by atoms with Gasteiger partial charge in [-0.25, -0.2) is 0 Å². The Morgan fingerprint density at radius 3 is 2.62 bits per heavy atom. The number of piperidine rings is 1. The summed E-state index contributed by atoms with van der Waals surface area (Å²) < 4.78 is 16.0. The molecule has 2 saturated heterocycles. The second kappa shape index (κ2) is 8.73. The highest BCUT2D eigenvalue weighted by atomic mass is 16.7. The lowest BCUT2D eigenvalue weighted by molar-refractivity contribution is -0.132. The number of hydrogen-bond donors (Lipinski definition) is 0. The molecule has 3 aliphatic heterocycles. The van der Waals surface area contributed by atoms with Crippen molar-refractivity contribution < 1.29 is 23.8 Å². The Kier molecular flexibility index (Phi) is 5.64. The zero-order chi connectivity index (χ0) is 22.1. The Morgan fingerprint density at radius 2 is 1.81 bits per heavy atom. The summed E-state index contributed by atoms with van der Waals surface area (Å²) in [5, 5.41) is 0. The number of fused-ring (bicyclic) bond motifs is 2. The Hall–Kier alpha value is -3.22. The van der Waals surface area contributed by atoms with Crippen molar-refractivity contribution >= 4 is 11.8 Å². The molecule has 0 N–H and O–H groups in total. The lowest BCUT2D eigenvalue weighted by atomic mass is 9.82. The van der Waals surface area contributed by atoms with Gasteiger partial charge in [-0.1, -0.05) is 6.07 Å². The highest BCUT2D eigenvalue weighted by molar-refractivity contribution is 5.94. The predicted octanol–water partition coefficient (Wildman–Crippen LogP) is 3.32. The van der Waals surface area contributed by atoms with Gasteiger partial charge < -0.3 is 24.0 Å². The normalized spacial score (nSPS) is 22.3. The Morgan fingerprint density at radius 1 is 1.03 bits per heavy atom. The fraction of sp³-hybridized carbons (Fsp3) is 0.440. The molecule has 2 fully saturated rings. The fourth-order valence-corrected chi connectivity index (χ4v) is 5.00. The molecule has 0 radical (unpaired) electrons. The molecule has 3 aliphatic rings. The van der Waals surface area contributed by atoms with Crippen LogP contribution < -0.4 is 14.2 Å². The molecule has 0 spiro atoms. The molecule has 3 heterocycles. The molecule has 2 aromatic carbocycles. The van der Waals surface area contributed by atoms with E-state index in [9.17, 15) is 9.59 Å². The van der Waals surface area contributed by atoms with Crippen LogP contribution in [-0.2, 0) is 11.3 Å². The standard InChI is InChI=1S/C25H28N2O5/c1-30-21-5-3-18(4-6-21)25(29)27-11-8-19-13-24(28)26(10-9-20(19)15-27)14-17-2-7-22-23(12-17)32-16-31-22/h2-7,12,19-20H,8-11,13-16H2,1H3. The van der Waals surface area contributed by atoms with Gasteiger partial charge in [0.1, 0.15) is 5.75 Å². The predicted molar refractivity (Wildman–Crippen MR) is 118 cm³/mol. The monoisotopic (exact) mass is 436 g/mol. The number of carbonyl (C=O) groups is 2. The Balaban J connectivity index is 1.23. The van der Waals surface area contributed by atoms with E-state index in [-0.39, 0.29) is 18.6 Å². The van der Waals surface area contributed by atoms with E-state index in [1.165, 1.54) is 0 Å². The van der Waals surface area contributed by atoms with E-state index < -0.39 is 0 Å². The number of nitrogens with zero attached hydrogens (tertiary/aromatic N) is 2. The van der Waals surface area contributed by atoms with Gasteiger partial charge in [0.05, 0.1) is 7.11 Å². The van der Waals surface area contributed by atoms with Crippen LogP contribution in [0, 0.1) is 11.8 Å². The van der Waals surface area contributed by atoms with Gasteiger partial charge >= 0.3 is 0 Å². The summed E-state index contributed by atoms with van der Waals surface area (Å²) in [5.74, 6) is 3.17. The average molecular weight is 437 g/mol. The third-order valence-electron chi connectivity index (χ3n) is 6.89. The number of amides is 2. The molecule has 0 aromatic heterocycles. The summed E-state index contributed by atoms with van der Waals surface area (Å²) in [4.78, 5) is 29.9. The second-order valence-corrected chi connectivity index (χ2v) is 8.78. The number of benzene rings is 2. The van der Waals surface area contributed by atoms with Crippen molar-refractivity contribution in [2.75, 3.05) is 33.5 Å². The lowest BCUT2D eigenvalue weighted by Gasteiger charge is -2.37. The molecule has 7 heteroatoms. The van der Waals surface area contributed by atoms with Crippen molar-refractivity contribution in [2.24, 2.45) is 11.8 Å². The molecule has 2 aromatic rings. The van der Waals surface area contributed by atoms with Crippen molar-refractivity contribution in [3.05, 3.63) is 53.6 Å². The van der Waals surface area contributed by atoms with Crippen LogP contribution in [0.3, 0.4) is 0 Å². The van der Waals surface area contributed by atoms with Gasteiger partial charge in [0.25, 0.3) is 5.91 Å². The molecular formula is C25H28N2O5. The van der Waals surface area contributed by atoms with Gasteiger partial charge in [0.2, 0.25) is 12.7 Å². The van der Waals surface area contributed by atoms with Crippen LogP contribution in [0.5, 0.6) is 17.2 Å². The quantitative estimate of drug-likeness (QED) is 0.736. The molecule has 0 saturated carbocycles. The maximum atomic E-state index is 13.0. The van der Waals surface area contributed by atoms with Gasteiger partial charge in [-0.05, 0) is 66.6 Å². The van der Waals surface area contributed by atoms with Crippen molar-refractivity contribution in [2.45, 2.75) is 25.8 Å². The van der Waals surface area contributed by atoms with Gasteiger partial charge in [-0.15, -0.1) is 0 Å². The van der Waals surface area contributed by atoms with E-state index >= 15 is 0 Å². The summed E-state index contributed by atoms with van der Waals surface area (Å²) in [7, 11) is 1.62. The van der Waals surface area contributed by atoms with Crippen molar-refractivity contribution in [3.63, 3.8) is 0 Å². The number of hydrogen-bond acceptors (Lipinski definition) is 5. The molecule has 0 aliphatic carbocycles. The SMILES string of the molecule is COc1ccc(C(=O)N2CCC3CC(=O)N(Cc4ccc5c(c4)OCO5)CCC3C2)cc1.